The number of halogens is 1. The van der Waals surface area contributed by atoms with Crippen molar-refractivity contribution in [1.29, 1.82) is 0 Å². The maximum Gasteiger partial charge on any atom is 0.0786 e. The van der Waals surface area contributed by atoms with Gasteiger partial charge in [0, 0.05) is 0 Å². The SMILES string of the molecule is CCCC[N+](CCCC)(CCCC)CCCC.CCCC[N+](CCCC)(CCCC)CCCC.CCCC[N+](CCCC)(CCCC)CCCC.CCCC[N+](CCCC)(CCCC)CCCC.[F-].[H-].[H-].[H-]. The Kier molecular flexibility index (Phi) is 66.0. The van der Waals surface area contributed by atoms with Gasteiger partial charge < -0.3 is 26.9 Å². The Hall–Kier alpha value is -0.230. The molecule has 0 radical (unpaired) electrons. The minimum atomic E-state index is 0. The first kappa shape index (κ1) is 77.7. The Labute approximate surface area is 446 Å². The minimum Gasteiger partial charge on any atom is -1.00 e. The summed E-state index contributed by atoms with van der Waals surface area (Å²) in [5.41, 5.74) is 0. The number of hydrogen-bond donors (Lipinski definition) is 0. The summed E-state index contributed by atoms with van der Waals surface area (Å²) in [5.74, 6) is 0. The second-order valence-corrected chi connectivity index (χ2v) is 22.6. The molecule has 0 spiro atoms. The van der Waals surface area contributed by atoms with Crippen LogP contribution in [0.2, 0.25) is 0 Å². The van der Waals surface area contributed by atoms with Gasteiger partial charge in [0.05, 0.1) is 105 Å². The van der Waals surface area contributed by atoms with Crippen LogP contribution in [0.25, 0.3) is 0 Å². The van der Waals surface area contributed by atoms with Gasteiger partial charge in [0.15, 0.2) is 0 Å². The van der Waals surface area contributed by atoms with Crippen LogP contribution in [0.5, 0.6) is 0 Å². The Morgan fingerprint density at radius 3 is 0.246 bits per heavy atom. The van der Waals surface area contributed by atoms with Crippen LogP contribution in [0.1, 0.15) is 321 Å². The molecule has 0 unspecified atom stereocenters. The summed E-state index contributed by atoms with van der Waals surface area (Å²) in [5, 5.41) is 0. The summed E-state index contributed by atoms with van der Waals surface area (Å²) in [4.78, 5) is 0. The highest BCUT2D eigenvalue weighted by molar-refractivity contribution is 4.53. The van der Waals surface area contributed by atoms with Gasteiger partial charge >= 0.3 is 0 Å². The molecular weight excluding hydrogens is 844 g/mol. The van der Waals surface area contributed by atoms with Crippen LogP contribution >= 0.6 is 0 Å². The fourth-order valence-corrected chi connectivity index (χ4v) is 10.6. The third-order valence-corrected chi connectivity index (χ3v) is 15.8. The molecule has 0 amide bonds. The minimum absolute atomic E-state index is 0. The average molecular weight is 992 g/mol. The van der Waals surface area contributed by atoms with Gasteiger partial charge in [-0.3, -0.25) is 0 Å². The van der Waals surface area contributed by atoms with E-state index in [2.05, 4.69) is 111 Å². The van der Waals surface area contributed by atoms with Gasteiger partial charge in [-0.15, -0.1) is 0 Å². The van der Waals surface area contributed by atoms with Gasteiger partial charge in [-0.2, -0.15) is 0 Å². The van der Waals surface area contributed by atoms with Crippen LogP contribution in [-0.4, -0.2) is 123 Å². The monoisotopic (exact) mass is 991 g/mol. The molecule has 0 N–H and O–H groups in total. The van der Waals surface area contributed by atoms with E-state index in [4.69, 9.17) is 0 Å². The van der Waals surface area contributed by atoms with E-state index in [-0.39, 0.29) is 8.98 Å². The Morgan fingerprint density at radius 1 is 0.145 bits per heavy atom. The van der Waals surface area contributed by atoms with Crippen molar-refractivity contribution >= 4 is 0 Å². The van der Waals surface area contributed by atoms with Crippen molar-refractivity contribution in [2.75, 3.05) is 105 Å². The first-order valence-electron chi connectivity index (χ1n) is 32.4. The molecule has 5 heteroatoms. The molecule has 0 fully saturated rings. The number of rotatable bonds is 48. The lowest BCUT2D eigenvalue weighted by Gasteiger charge is -2.39. The molecule has 0 rings (SSSR count). The molecule has 0 atom stereocenters. The lowest BCUT2D eigenvalue weighted by molar-refractivity contribution is -0.929. The van der Waals surface area contributed by atoms with Crippen molar-refractivity contribution in [3.63, 3.8) is 0 Å². The van der Waals surface area contributed by atoms with Gasteiger partial charge in [0.2, 0.25) is 0 Å². The van der Waals surface area contributed by atoms with E-state index in [0.29, 0.717) is 0 Å². The highest BCUT2D eigenvalue weighted by Gasteiger charge is 2.28. The summed E-state index contributed by atoms with van der Waals surface area (Å²) >= 11 is 0. The number of quaternary nitrogens is 4. The summed E-state index contributed by atoms with van der Waals surface area (Å²) < 4.78 is 5.68. The lowest BCUT2D eigenvalue weighted by atomic mass is 10.1. The summed E-state index contributed by atoms with van der Waals surface area (Å²) in [7, 11) is 0. The second-order valence-electron chi connectivity index (χ2n) is 22.6. The highest BCUT2D eigenvalue weighted by atomic mass is 19.0. The molecule has 0 aromatic rings. The van der Waals surface area contributed by atoms with E-state index in [9.17, 15) is 0 Å². The van der Waals surface area contributed by atoms with Crippen LogP contribution < -0.4 is 4.70 Å². The zero-order valence-corrected chi connectivity index (χ0v) is 52.1. The molecule has 0 saturated heterocycles. The van der Waals surface area contributed by atoms with Crippen LogP contribution in [0.3, 0.4) is 0 Å². The Balaban J connectivity index is -0.000000124. The van der Waals surface area contributed by atoms with Gasteiger partial charge in [-0.05, 0) is 103 Å². The van der Waals surface area contributed by atoms with E-state index < -0.39 is 0 Å². The van der Waals surface area contributed by atoms with Crippen molar-refractivity contribution in [2.24, 2.45) is 0 Å². The van der Waals surface area contributed by atoms with E-state index >= 15 is 0 Å². The number of nitrogens with zero attached hydrogens (tertiary/aromatic N) is 4. The van der Waals surface area contributed by atoms with E-state index in [1.807, 2.05) is 0 Å². The molecule has 0 aliphatic heterocycles. The standard InChI is InChI=1S/4C16H36N.FH.3H/c4*1-5-9-13-17(14-10-6-2,15-11-7-3)16-12-8-4;;;;/h4*5-16H2,1-4H3;1H;;;/q4*+1;;3*-1/p-1. The molecule has 0 saturated carbocycles. The normalized spacial score (nSPS) is 11.8. The average Bonchev–Trinajstić information content (AvgIpc) is 3.37. The molecular formula is C64H147FN4. The van der Waals surface area contributed by atoms with Crippen LogP contribution in [0, 0.1) is 0 Å². The predicted octanol–water partition coefficient (Wildman–Crippen LogP) is 17.4. The van der Waals surface area contributed by atoms with Gasteiger partial charge in [0.1, 0.15) is 0 Å². The van der Waals surface area contributed by atoms with E-state index in [0.717, 1.165) is 0 Å². The number of unbranched alkanes of at least 4 members (excludes halogenated alkanes) is 16. The lowest BCUT2D eigenvalue weighted by Crippen LogP contribution is -3.00. The summed E-state index contributed by atoms with van der Waals surface area (Å²) in [6, 6.07) is 0. The third-order valence-electron chi connectivity index (χ3n) is 15.8. The van der Waals surface area contributed by atoms with Crippen LogP contribution in [0.15, 0.2) is 0 Å². The van der Waals surface area contributed by atoms with E-state index in [1.165, 1.54) is 328 Å². The molecule has 69 heavy (non-hydrogen) atoms. The van der Waals surface area contributed by atoms with Crippen LogP contribution in [0.4, 0.5) is 0 Å². The molecule has 0 aromatic carbocycles. The first-order valence-corrected chi connectivity index (χ1v) is 32.4. The summed E-state index contributed by atoms with van der Waals surface area (Å²) in [6.07, 6.45) is 44.2. The van der Waals surface area contributed by atoms with Crippen molar-refractivity contribution in [3.05, 3.63) is 0 Å². The fraction of sp³-hybridized carbons (Fsp3) is 1.00. The molecule has 0 aromatic heterocycles. The van der Waals surface area contributed by atoms with Gasteiger partial charge in [0.25, 0.3) is 0 Å². The topological polar surface area (TPSA) is 0 Å². The van der Waals surface area contributed by atoms with E-state index in [1.54, 1.807) is 0 Å². The Morgan fingerprint density at radius 2 is 0.203 bits per heavy atom. The van der Waals surface area contributed by atoms with Gasteiger partial charge in [-0.1, -0.05) is 214 Å². The molecule has 0 heterocycles. The zero-order valence-electron chi connectivity index (χ0n) is 55.1. The van der Waals surface area contributed by atoms with Crippen molar-refractivity contribution in [3.8, 4) is 0 Å². The maximum atomic E-state index is 2.33. The molecule has 4 nitrogen and oxygen atoms in total. The molecule has 0 aliphatic carbocycles. The smallest absolute Gasteiger partial charge is 0.0786 e. The zero-order chi connectivity index (χ0) is 51.9. The predicted molar refractivity (Wildman–Crippen MR) is 321 cm³/mol. The van der Waals surface area contributed by atoms with Crippen molar-refractivity contribution in [2.45, 2.75) is 316 Å². The largest absolute Gasteiger partial charge is 1.00 e. The van der Waals surface area contributed by atoms with Crippen molar-refractivity contribution in [1.82, 2.24) is 0 Å². The third kappa shape index (κ3) is 46.1. The Bertz CT molecular complexity index is 634. The first-order chi connectivity index (χ1) is 33.0. The second kappa shape index (κ2) is 58.7. The molecule has 0 aliphatic rings. The molecule has 0 bridgehead atoms. The molecule has 430 valence electrons. The maximum absolute atomic E-state index is 2.33. The quantitative estimate of drug-likeness (QED) is 0.0533. The van der Waals surface area contributed by atoms with Crippen molar-refractivity contribution < 1.29 is 26.9 Å². The van der Waals surface area contributed by atoms with Crippen LogP contribution in [-0.2, 0) is 0 Å². The fourth-order valence-electron chi connectivity index (χ4n) is 10.6. The number of hydrogen-bond acceptors (Lipinski definition) is 0. The summed E-state index contributed by atoms with van der Waals surface area (Å²) in [6.45, 7) is 60.1. The highest BCUT2D eigenvalue weighted by Crippen LogP contribution is 2.20. The van der Waals surface area contributed by atoms with Gasteiger partial charge in [-0.25, -0.2) is 0 Å².